The first kappa shape index (κ1) is 13.1. The van der Waals surface area contributed by atoms with Crippen LogP contribution in [0.5, 0.6) is 0 Å². The number of aromatic nitrogens is 2. The molecule has 0 bridgehead atoms. The van der Waals surface area contributed by atoms with Crippen LogP contribution in [0.3, 0.4) is 0 Å². The lowest BCUT2D eigenvalue weighted by molar-refractivity contribution is 0.0763. The highest BCUT2D eigenvalue weighted by Crippen LogP contribution is 2.28. The minimum Gasteiger partial charge on any atom is -0.393 e. The zero-order valence-electron chi connectivity index (χ0n) is 10.5. The summed E-state index contributed by atoms with van der Waals surface area (Å²) in [6.07, 6.45) is 4.11. The molecule has 2 heterocycles. The number of hydrogen-bond donors (Lipinski definition) is 2. The average Bonchev–Trinajstić information content (AvgIpc) is 2.85. The van der Waals surface area contributed by atoms with Crippen LogP contribution in [0.15, 0.2) is 11.4 Å². The smallest absolute Gasteiger partial charge is 0.225 e. The van der Waals surface area contributed by atoms with Gasteiger partial charge in [0.1, 0.15) is 10.6 Å². The highest BCUT2D eigenvalue weighted by atomic mass is 35.5. The molecule has 6 heteroatoms. The lowest BCUT2D eigenvalue weighted by Gasteiger charge is -2.27. The van der Waals surface area contributed by atoms with Gasteiger partial charge < -0.3 is 10.4 Å². The van der Waals surface area contributed by atoms with Gasteiger partial charge in [0.25, 0.3) is 0 Å². The van der Waals surface area contributed by atoms with E-state index in [1.54, 1.807) is 11.3 Å². The van der Waals surface area contributed by atoms with Gasteiger partial charge in [-0.2, -0.15) is 0 Å². The molecule has 0 spiro atoms. The molecule has 1 aliphatic rings. The molecular weight excluding hydrogens is 282 g/mol. The Bertz CT molecular complexity index is 574. The van der Waals surface area contributed by atoms with Crippen LogP contribution in [0, 0.1) is 5.92 Å². The van der Waals surface area contributed by atoms with Crippen molar-refractivity contribution in [2.45, 2.75) is 31.8 Å². The minimum absolute atomic E-state index is 0.198. The van der Waals surface area contributed by atoms with E-state index in [-0.39, 0.29) is 11.4 Å². The van der Waals surface area contributed by atoms with E-state index in [1.165, 1.54) is 6.42 Å². The molecule has 2 aromatic heterocycles. The Balaban J connectivity index is 1.75. The Kier molecular flexibility index (Phi) is 3.86. The summed E-state index contributed by atoms with van der Waals surface area (Å²) >= 11 is 7.48. The maximum absolute atomic E-state index is 9.98. The number of thiophene rings is 1. The van der Waals surface area contributed by atoms with Crippen molar-refractivity contribution >= 4 is 39.0 Å². The third-order valence-corrected chi connectivity index (χ3v) is 4.67. The average molecular weight is 298 g/mol. The highest BCUT2D eigenvalue weighted by molar-refractivity contribution is 7.16. The Hall–Kier alpha value is -0.910. The van der Waals surface area contributed by atoms with Gasteiger partial charge in [0.2, 0.25) is 5.28 Å². The summed E-state index contributed by atoms with van der Waals surface area (Å²) in [6, 6.07) is 2.00. The molecule has 1 aliphatic carbocycles. The van der Waals surface area contributed by atoms with Gasteiger partial charge in [0.15, 0.2) is 0 Å². The largest absolute Gasteiger partial charge is 0.393 e. The highest BCUT2D eigenvalue weighted by Gasteiger charge is 2.23. The second kappa shape index (κ2) is 5.61. The Morgan fingerprint density at radius 2 is 2.21 bits per heavy atom. The van der Waals surface area contributed by atoms with E-state index in [4.69, 9.17) is 11.6 Å². The monoisotopic (exact) mass is 297 g/mol. The van der Waals surface area contributed by atoms with Crippen molar-refractivity contribution in [3.8, 4) is 0 Å². The number of fused-ring (bicyclic) bond motifs is 1. The number of hydrogen-bond acceptors (Lipinski definition) is 5. The number of rotatable bonds is 3. The molecule has 19 heavy (non-hydrogen) atoms. The van der Waals surface area contributed by atoms with Gasteiger partial charge in [-0.1, -0.05) is 12.8 Å². The SMILES string of the molecule is OC1CCCCC1CNc1nc(Cl)nc2sccc12. The van der Waals surface area contributed by atoms with Crippen molar-refractivity contribution < 1.29 is 5.11 Å². The van der Waals surface area contributed by atoms with Crippen LogP contribution in [0.4, 0.5) is 5.82 Å². The first-order valence-corrected chi connectivity index (χ1v) is 7.82. The molecule has 2 atom stereocenters. The summed E-state index contributed by atoms with van der Waals surface area (Å²) in [4.78, 5) is 9.34. The lowest BCUT2D eigenvalue weighted by atomic mass is 9.86. The van der Waals surface area contributed by atoms with Crippen molar-refractivity contribution in [3.63, 3.8) is 0 Å². The fourth-order valence-corrected chi connectivity index (χ4v) is 3.60. The predicted molar refractivity (Wildman–Crippen MR) is 78.9 cm³/mol. The normalized spacial score (nSPS) is 23.7. The standard InChI is InChI=1S/C13H16ClN3OS/c14-13-16-11(9-5-6-19-12(9)17-13)15-7-8-3-1-2-4-10(8)18/h5-6,8,10,18H,1-4,7H2,(H,15,16,17). The molecule has 3 rings (SSSR count). The number of nitrogens with zero attached hydrogens (tertiary/aromatic N) is 2. The van der Waals surface area contributed by atoms with Crippen LogP contribution in [-0.4, -0.2) is 27.7 Å². The van der Waals surface area contributed by atoms with Gasteiger partial charge in [-0.05, 0) is 35.9 Å². The molecule has 1 saturated carbocycles. The molecule has 102 valence electrons. The molecule has 0 aromatic carbocycles. The Morgan fingerprint density at radius 3 is 3.05 bits per heavy atom. The molecule has 2 unspecified atom stereocenters. The molecule has 2 N–H and O–H groups in total. The molecule has 0 amide bonds. The third-order valence-electron chi connectivity index (χ3n) is 3.70. The number of aliphatic hydroxyl groups excluding tert-OH is 1. The Morgan fingerprint density at radius 1 is 1.37 bits per heavy atom. The van der Waals surface area contributed by atoms with E-state index in [2.05, 4.69) is 15.3 Å². The van der Waals surface area contributed by atoms with Crippen LogP contribution in [0.25, 0.3) is 10.2 Å². The van der Waals surface area contributed by atoms with Crippen molar-refractivity contribution in [3.05, 3.63) is 16.7 Å². The van der Waals surface area contributed by atoms with Crippen LogP contribution < -0.4 is 5.32 Å². The first-order valence-electron chi connectivity index (χ1n) is 6.57. The minimum atomic E-state index is -0.198. The zero-order chi connectivity index (χ0) is 13.2. The number of nitrogens with one attached hydrogen (secondary N) is 1. The molecule has 4 nitrogen and oxygen atoms in total. The molecule has 0 radical (unpaired) electrons. The quantitative estimate of drug-likeness (QED) is 0.854. The predicted octanol–water partition coefficient (Wildman–Crippen LogP) is 3.31. The van der Waals surface area contributed by atoms with Crippen molar-refractivity contribution in [1.29, 1.82) is 0 Å². The molecule has 0 saturated heterocycles. The topological polar surface area (TPSA) is 58.0 Å². The summed E-state index contributed by atoms with van der Waals surface area (Å²) in [5.74, 6) is 1.07. The fraction of sp³-hybridized carbons (Fsp3) is 0.538. The van der Waals surface area contributed by atoms with Crippen LogP contribution in [0.1, 0.15) is 25.7 Å². The zero-order valence-corrected chi connectivity index (χ0v) is 12.0. The molecule has 0 aliphatic heterocycles. The van der Waals surface area contributed by atoms with E-state index in [9.17, 15) is 5.11 Å². The van der Waals surface area contributed by atoms with Gasteiger partial charge in [-0.15, -0.1) is 11.3 Å². The van der Waals surface area contributed by atoms with Crippen molar-refractivity contribution in [2.24, 2.45) is 5.92 Å². The third kappa shape index (κ3) is 2.83. The van der Waals surface area contributed by atoms with E-state index in [0.717, 1.165) is 41.8 Å². The molecule has 1 fully saturated rings. The Labute approximate surface area is 120 Å². The molecule has 2 aromatic rings. The van der Waals surface area contributed by atoms with E-state index in [0.29, 0.717) is 5.92 Å². The summed E-state index contributed by atoms with van der Waals surface area (Å²) in [6.45, 7) is 0.736. The molecular formula is C13H16ClN3OS. The van der Waals surface area contributed by atoms with Gasteiger partial charge in [-0.25, -0.2) is 9.97 Å². The summed E-state index contributed by atoms with van der Waals surface area (Å²) in [7, 11) is 0. The van der Waals surface area contributed by atoms with Gasteiger partial charge >= 0.3 is 0 Å². The number of halogens is 1. The van der Waals surface area contributed by atoms with E-state index < -0.39 is 0 Å². The maximum atomic E-state index is 9.98. The fourth-order valence-electron chi connectivity index (χ4n) is 2.62. The second-order valence-electron chi connectivity index (χ2n) is 4.97. The van der Waals surface area contributed by atoms with Crippen molar-refractivity contribution in [2.75, 3.05) is 11.9 Å². The maximum Gasteiger partial charge on any atom is 0.225 e. The summed E-state index contributed by atoms with van der Waals surface area (Å²) < 4.78 is 0. The van der Waals surface area contributed by atoms with Gasteiger partial charge in [0.05, 0.1) is 11.5 Å². The van der Waals surface area contributed by atoms with Crippen LogP contribution >= 0.6 is 22.9 Å². The van der Waals surface area contributed by atoms with Gasteiger partial charge in [-0.3, -0.25) is 0 Å². The van der Waals surface area contributed by atoms with Crippen LogP contribution in [0.2, 0.25) is 5.28 Å². The van der Waals surface area contributed by atoms with Crippen LogP contribution in [-0.2, 0) is 0 Å². The second-order valence-corrected chi connectivity index (χ2v) is 6.21. The first-order chi connectivity index (χ1) is 9.24. The summed E-state index contributed by atoms with van der Waals surface area (Å²) in [5, 5.41) is 16.6. The lowest BCUT2D eigenvalue weighted by Crippen LogP contribution is -2.30. The number of aliphatic hydroxyl groups is 1. The van der Waals surface area contributed by atoms with Crippen molar-refractivity contribution in [1.82, 2.24) is 9.97 Å². The summed E-state index contributed by atoms with van der Waals surface area (Å²) in [5.41, 5.74) is 0. The number of anilines is 1. The van der Waals surface area contributed by atoms with E-state index in [1.807, 2.05) is 11.4 Å². The van der Waals surface area contributed by atoms with Gasteiger partial charge in [0, 0.05) is 12.5 Å². The van der Waals surface area contributed by atoms with E-state index >= 15 is 0 Å².